The molecule has 2 nitrogen and oxygen atoms in total. The fourth-order valence-corrected chi connectivity index (χ4v) is 1.60. The third-order valence-corrected chi connectivity index (χ3v) is 2.54. The van der Waals surface area contributed by atoms with Crippen molar-refractivity contribution >= 4 is 5.69 Å². The SMILES string of the molecule is C#CCN(C)c1cc(C)c(F)cc1[C@H](C)N. The zero-order valence-electron chi connectivity index (χ0n) is 9.92. The number of aryl methyl sites for hydroxylation is 1. The number of nitrogens with two attached hydrogens (primary N) is 1. The number of hydrogen-bond acceptors (Lipinski definition) is 2. The summed E-state index contributed by atoms with van der Waals surface area (Å²) < 4.78 is 13.5. The van der Waals surface area contributed by atoms with Crippen LogP contribution in [0.1, 0.15) is 24.1 Å². The zero-order valence-corrected chi connectivity index (χ0v) is 9.92. The summed E-state index contributed by atoms with van der Waals surface area (Å²) in [5.74, 6) is 2.33. The molecule has 0 bridgehead atoms. The number of nitrogens with zero attached hydrogens (tertiary/aromatic N) is 1. The Bertz CT molecular complexity index is 419. The van der Waals surface area contributed by atoms with Crippen LogP contribution in [0, 0.1) is 25.1 Å². The van der Waals surface area contributed by atoms with Crippen molar-refractivity contribution in [1.82, 2.24) is 0 Å². The fourth-order valence-electron chi connectivity index (χ4n) is 1.60. The zero-order chi connectivity index (χ0) is 12.3. The van der Waals surface area contributed by atoms with E-state index in [1.807, 2.05) is 18.9 Å². The molecule has 0 unspecified atom stereocenters. The Labute approximate surface area is 96.3 Å². The molecule has 1 atom stereocenters. The van der Waals surface area contributed by atoms with Crippen molar-refractivity contribution < 1.29 is 4.39 Å². The highest BCUT2D eigenvalue weighted by atomic mass is 19.1. The molecule has 1 rings (SSSR count). The number of halogens is 1. The quantitative estimate of drug-likeness (QED) is 0.791. The molecule has 0 heterocycles. The molecular weight excluding hydrogens is 203 g/mol. The maximum atomic E-state index is 13.5. The van der Waals surface area contributed by atoms with Crippen LogP contribution in [0.4, 0.5) is 10.1 Å². The van der Waals surface area contributed by atoms with Gasteiger partial charge in [-0.3, -0.25) is 0 Å². The monoisotopic (exact) mass is 220 g/mol. The third kappa shape index (κ3) is 2.53. The minimum absolute atomic E-state index is 0.217. The second-order valence-electron chi connectivity index (χ2n) is 4.01. The van der Waals surface area contributed by atoms with Crippen LogP contribution in [0.3, 0.4) is 0 Å². The van der Waals surface area contributed by atoms with E-state index in [9.17, 15) is 4.39 Å². The number of rotatable bonds is 3. The van der Waals surface area contributed by atoms with Gasteiger partial charge in [0.1, 0.15) is 5.82 Å². The smallest absolute Gasteiger partial charge is 0.126 e. The van der Waals surface area contributed by atoms with Crippen LogP contribution in [-0.4, -0.2) is 13.6 Å². The van der Waals surface area contributed by atoms with Gasteiger partial charge >= 0.3 is 0 Å². The van der Waals surface area contributed by atoms with Gasteiger partial charge in [-0.1, -0.05) is 5.92 Å². The molecule has 0 aliphatic rings. The molecule has 0 fully saturated rings. The maximum absolute atomic E-state index is 13.5. The summed E-state index contributed by atoms with van der Waals surface area (Å²) in [6.45, 7) is 4.04. The van der Waals surface area contributed by atoms with Crippen molar-refractivity contribution in [2.45, 2.75) is 19.9 Å². The van der Waals surface area contributed by atoms with Crippen molar-refractivity contribution in [3.8, 4) is 12.3 Å². The van der Waals surface area contributed by atoms with Gasteiger partial charge in [0.15, 0.2) is 0 Å². The molecule has 2 N–H and O–H groups in total. The first kappa shape index (κ1) is 12.5. The lowest BCUT2D eigenvalue weighted by atomic mass is 10.0. The predicted molar refractivity (Wildman–Crippen MR) is 65.8 cm³/mol. The molecule has 0 aliphatic heterocycles. The van der Waals surface area contributed by atoms with E-state index in [0.717, 1.165) is 11.3 Å². The van der Waals surface area contributed by atoms with Gasteiger partial charge < -0.3 is 10.6 Å². The van der Waals surface area contributed by atoms with Crippen LogP contribution >= 0.6 is 0 Å². The topological polar surface area (TPSA) is 29.3 Å². The maximum Gasteiger partial charge on any atom is 0.126 e. The van der Waals surface area contributed by atoms with E-state index in [0.29, 0.717) is 12.1 Å². The number of terminal acetylenes is 1. The summed E-state index contributed by atoms with van der Waals surface area (Å²) in [5, 5.41) is 0. The summed E-state index contributed by atoms with van der Waals surface area (Å²) in [4.78, 5) is 1.89. The van der Waals surface area contributed by atoms with Gasteiger partial charge in [0, 0.05) is 18.8 Å². The standard InChI is InChI=1S/C13H17FN2/c1-5-6-16(4)13-7-9(2)12(14)8-11(13)10(3)15/h1,7-8,10H,6,15H2,2-4H3/t10-/m0/s1. The molecule has 0 aliphatic carbocycles. The highest BCUT2D eigenvalue weighted by Gasteiger charge is 2.13. The van der Waals surface area contributed by atoms with Crippen molar-refractivity contribution in [2.24, 2.45) is 5.73 Å². The Balaban J connectivity index is 3.25. The van der Waals surface area contributed by atoms with E-state index in [1.165, 1.54) is 6.07 Å². The highest BCUT2D eigenvalue weighted by Crippen LogP contribution is 2.27. The molecule has 0 saturated carbocycles. The number of anilines is 1. The van der Waals surface area contributed by atoms with Crippen molar-refractivity contribution in [3.05, 3.63) is 29.1 Å². The van der Waals surface area contributed by atoms with E-state index >= 15 is 0 Å². The molecule has 1 aromatic carbocycles. The molecule has 1 aromatic rings. The Morgan fingerprint density at radius 2 is 2.19 bits per heavy atom. The lowest BCUT2D eigenvalue weighted by Crippen LogP contribution is -2.21. The normalized spacial score (nSPS) is 12.0. The summed E-state index contributed by atoms with van der Waals surface area (Å²) in [7, 11) is 1.87. The van der Waals surface area contributed by atoms with Crippen molar-refractivity contribution in [2.75, 3.05) is 18.5 Å². The molecule has 86 valence electrons. The lowest BCUT2D eigenvalue weighted by molar-refractivity contribution is 0.613. The van der Waals surface area contributed by atoms with Gasteiger partial charge in [-0.2, -0.15) is 0 Å². The van der Waals surface area contributed by atoms with E-state index in [4.69, 9.17) is 12.2 Å². The first-order valence-electron chi connectivity index (χ1n) is 5.17. The molecule has 3 heteroatoms. The van der Waals surface area contributed by atoms with E-state index in [2.05, 4.69) is 5.92 Å². The Hall–Kier alpha value is -1.53. The minimum Gasteiger partial charge on any atom is -0.363 e. The van der Waals surface area contributed by atoms with Crippen LogP contribution < -0.4 is 10.6 Å². The predicted octanol–water partition coefficient (Wildman–Crippen LogP) is 2.22. The van der Waals surface area contributed by atoms with Crippen LogP contribution in [0.25, 0.3) is 0 Å². The molecule has 0 amide bonds. The second kappa shape index (κ2) is 5.00. The summed E-state index contributed by atoms with van der Waals surface area (Å²) in [5.41, 5.74) is 8.10. The van der Waals surface area contributed by atoms with Crippen molar-refractivity contribution in [3.63, 3.8) is 0 Å². The van der Waals surface area contributed by atoms with Crippen molar-refractivity contribution in [1.29, 1.82) is 0 Å². The van der Waals surface area contributed by atoms with Gasteiger partial charge in [-0.05, 0) is 37.1 Å². The summed E-state index contributed by atoms with van der Waals surface area (Å²) in [6.07, 6.45) is 5.26. The van der Waals surface area contributed by atoms with E-state index < -0.39 is 0 Å². The van der Waals surface area contributed by atoms with E-state index in [1.54, 1.807) is 13.0 Å². The van der Waals surface area contributed by atoms with Gasteiger partial charge in [0.05, 0.1) is 6.54 Å². The molecule has 0 aromatic heterocycles. The average Bonchev–Trinajstić information content (AvgIpc) is 2.21. The summed E-state index contributed by atoms with van der Waals surface area (Å²) >= 11 is 0. The van der Waals surface area contributed by atoms with Gasteiger partial charge in [-0.15, -0.1) is 6.42 Å². The molecule has 0 saturated heterocycles. The van der Waals surface area contributed by atoms with Crippen LogP contribution in [0.2, 0.25) is 0 Å². The molecule has 0 radical (unpaired) electrons. The fraction of sp³-hybridized carbons (Fsp3) is 0.385. The first-order chi connectivity index (χ1) is 7.47. The first-order valence-corrected chi connectivity index (χ1v) is 5.17. The Morgan fingerprint density at radius 3 is 2.69 bits per heavy atom. The molecule has 16 heavy (non-hydrogen) atoms. The molecular formula is C13H17FN2. The van der Waals surface area contributed by atoms with Crippen LogP contribution in [0.15, 0.2) is 12.1 Å². The minimum atomic E-state index is -0.231. The largest absolute Gasteiger partial charge is 0.363 e. The molecule has 0 spiro atoms. The lowest BCUT2D eigenvalue weighted by Gasteiger charge is -2.22. The van der Waals surface area contributed by atoms with E-state index in [-0.39, 0.29) is 11.9 Å². The Kier molecular flexibility index (Phi) is 3.92. The number of benzene rings is 1. The summed E-state index contributed by atoms with van der Waals surface area (Å²) in [6, 6.07) is 3.05. The van der Waals surface area contributed by atoms with Gasteiger partial charge in [0.25, 0.3) is 0 Å². The highest BCUT2D eigenvalue weighted by molar-refractivity contribution is 5.57. The van der Waals surface area contributed by atoms with Gasteiger partial charge in [0.2, 0.25) is 0 Å². The average molecular weight is 220 g/mol. The number of hydrogen-bond donors (Lipinski definition) is 1. The van der Waals surface area contributed by atoms with Gasteiger partial charge in [-0.25, -0.2) is 4.39 Å². The third-order valence-electron chi connectivity index (χ3n) is 2.54. The Morgan fingerprint density at radius 1 is 1.56 bits per heavy atom. The second-order valence-corrected chi connectivity index (χ2v) is 4.01. The van der Waals surface area contributed by atoms with Crippen LogP contribution in [0.5, 0.6) is 0 Å². The van der Waals surface area contributed by atoms with Crippen LogP contribution in [-0.2, 0) is 0 Å².